The Kier molecular flexibility index (Phi) is 3.56. The van der Waals surface area contributed by atoms with Crippen LogP contribution in [0.2, 0.25) is 0 Å². The maximum absolute atomic E-state index is 4.19. The third-order valence-corrected chi connectivity index (χ3v) is 2.59. The zero-order valence-corrected chi connectivity index (χ0v) is 10.1. The predicted octanol–water partition coefficient (Wildman–Crippen LogP) is 2.76. The minimum absolute atomic E-state index is 0.794. The molecule has 0 fully saturated rings. The van der Waals surface area contributed by atoms with Gasteiger partial charge in [0.05, 0.1) is 5.69 Å². The lowest BCUT2D eigenvalue weighted by atomic mass is 10.1. The molecule has 0 atom stereocenters. The number of fused-ring (bicyclic) bond motifs is 1. The summed E-state index contributed by atoms with van der Waals surface area (Å²) in [6, 6.07) is 8.16. The molecule has 0 amide bonds. The van der Waals surface area contributed by atoms with E-state index in [1.807, 2.05) is 26.0 Å². The molecule has 86 valence electrons. The zero-order chi connectivity index (χ0) is 12.1. The Morgan fingerprint density at radius 2 is 1.94 bits per heavy atom. The SMILES string of the molecule is CC#CCCNc1nnc(C)c2ccccc12. The number of hydrogen-bond donors (Lipinski definition) is 1. The van der Waals surface area contributed by atoms with E-state index in [0.717, 1.165) is 35.2 Å². The summed E-state index contributed by atoms with van der Waals surface area (Å²) in [5.74, 6) is 6.73. The predicted molar refractivity (Wildman–Crippen MR) is 70.8 cm³/mol. The van der Waals surface area contributed by atoms with E-state index in [1.165, 1.54) is 0 Å². The van der Waals surface area contributed by atoms with Crippen LogP contribution < -0.4 is 5.32 Å². The first-order chi connectivity index (χ1) is 8.33. The second-order valence-corrected chi connectivity index (χ2v) is 3.78. The Hall–Kier alpha value is -2.08. The third-order valence-electron chi connectivity index (χ3n) is 2.59. The van der Waals surface area contributed by atoms with Gasteiger partial charge in [-0.1, -0.05) is 24.3 Å². The Balaban J connectivity index is 2.27. The molecular formula is C14H15N3. The number of nitrogens with one attached hydrogen (secondary N) is 1. The molecule has 17 heavy (non-hydrogen) atoms. The van der Waals surface area contributed by atoms with E-state index in [4.69, 9.17) is 0 Å². The molecule has 3 heteroatoms. The summed E-state index contributed by atoms with van der Waals surface area (Å²) in [5, 5.41) is 13.9. The van der Waals surface area contributed by atoms with Crippen molar-refractivity contribution in [2.45, 2.75) is 20.3 Å². The molecule has 0 unspecified atom stereocenters. The number of rotatable bonds is 3. The normalized spacial score (nSPS) is 9.76. The highest BCUT2D eigenvalue weighted by Crippen LogP contribution is 2.21. The molecule has 0 radical (unpaired) electrons. The number of aromatic nitrogens is 2. The van der Waals surface area contributed by atoms with Crippen LogP contribution in [0.5, 0.6) is 0 Å². The van der Waals surface area contributed by atoms with E-state index in [-0.39, 0.29) is 0 Å². The van der Waals surface area contributed by atoms with Crippen LogP contribution in [0.15, 0.2) is 24.3 Å². The van der Waals surface area contributed by atoms with Gasteiger partial charge in [0.15, 0.2) is 5.82 Å². The molecule has 3 nitrogen and oxygen atoms in total. The van der Waals surface area contributed by atoms with Gasteiger partial charge in [0.1, 0.15) is 0 Å². The molecule has 0 spiro atoms. The highest BCUT2D eigenvalue weighted by Gasteiger charge is 2.04. The average Bonchev–Trinajstić information content (AvgIpc) is 2.37. The molecule has 2 rings (SSSR count). The van der Waals surface area contributed by atoms with E-state index < -0.39 is 0 Å². The quantitative estimate of drug-likeness (QED) is 0.644. The summed E-state index contributed by atoms with van der Waals surface area (Å²) >= 11 is 0. The molecule has 0 bridgehead atoms. The minimum Gasteiger partial charge on any atom is -0.367 e. The van der Waals surface area contributed by atoms with E-state index in [2.05, 4.69) is 39.5 Å². The fourth-order valence-electron chi connectivity index (χ4n) is 1.74. The first kappa shape index (κ1) is 11.4. The average molecular weight is 225 g/mol. The maximum Gasteiger partial charge on any atom is 0.156 e. The number of anilines is 1. The van der Waals surface area contributed by atoms with Crippen LogP contribution in [-0.4, -0.2) is 16.7 Å². The van der Waals surface area contributed by atoms with Crippen molar-refractivity contribution >= 4 is 16.6 Å². The topological polar surface area (TPSA) is 37.8 Å². The minimum atomic E-state index is 0.794. The van der Waals surface area contributed by atoms with Gasteiger partial charge in [-0.25, -0.2) is 0 Å². The van der Waals surface area contributed by atoms with Crippen molar-refractivity contribution in [2.75, 3.05) is 11.9 Å². The Morgan fingerprint density at radius 3 is 2.71 bits per heavy atom. The molecule has 1 aromatic carbocycles. The standard InChI is InChI=1S/C14H15N3/c1-3-4-7-10-15-14-13-9-6-5-8-12(13)11(2)16-17-14/h5-6,8-9H,7,10H2,1-2H3,(H,15,17). The molecule has 0 saturated heterocycles. The zero-order valence-electron chi connectivity index (χ0n) is 10.1. The van der Waals surface area contributed by atoms with E-state index in [1.54, 1.807) is 0 Å². The second-order valence-electron chi connectivity index (χ2n) is 3.78. The van der Waals surface area contributed by atoms with Crippen LogP contribution in [0.1, 0.15) is 19.0 Å². The summed E-state index contributed by atoms with van der Waals surface area (Å²) in [4.78, 5) is 0. The summed E-state index contributed by atoms with van der Waals surface area (Å²) in [7, 11) is 0. The van der Waals surface area contributed by atoms with Gasteiger partial charge < -0.3 is 5.32 Å². The summed E-state index contributed by atoms with van der Waals surface area (Å²) in [6.07, 6.45) is 0.820. The van der Waals surface area contributed by atoms with Crippen LogP contribution in [0.25, 0.3) is 10.8 Å². The van der Waals surface area contributed by atoms with Crippen molar-refractivity contribution < 1.29 is 0 Å². The van der Waals surface area contributed by atoms with Crippen molar-refractivity contribution in [1.29, 1.82) is 0 Å². The molecule has 2 aromatic rings. The second kappa shape index (κ2) is 5.31. The van der Waals surface area contributed by atoms with Crippen LogP contribution in [0.3, 0.4) is 0 Å². The fourth-order valence-corrected chi connectivity index (χ4v) is 1.74. The summed E-state index contributed by atoms with van der Waals surface area (Å²) < 4.78 is 0. The number of aryl methyl sites for hydroxylation is 1. The molecular weight excluding hydrogens is 210 g/mol. The molecule has 0 aliphatic heterocycles. The smallest absolute Gasteiger partial charge is 0.156 e. The fraction of sp³-hybridized carbons (Fsp3) is 0.286. The Labute approximate surface area is 101 Å². The van der Waals surface area contributed by atoms with E-state index in [9.17, 15) is 0 Å². The molecule has 0 saturated carbocycles. The number of benzene rings is 1. The van der Waals surface area contributed by atoms with Crippen LogP contribution in [0.4, 0.5) is 5.82 Å². The molecule has 1 aromatic heterocycles. The van der Waals surface area contributed by atoms with Gasteiger partial charge in [-0.2, -0.15) is 5.10 Å². The lowest BCUT2D eigenvalue weighted by Gasteiger charge is -2.07. The maximum atomic E-state index is 4.19. The lowest BCUT2D eigenvalue weighted by molar-refractivity contribution is 0.978. The molecule has 0 aliphatic carbocycles. The highest BCUT2D eigenvalue weighted by molar-refractivity contribution is 5.92. The summed E-state index contributed by atoms with van der Waals surface area (Å²) in [6.45, 7) is 4.62. The van der Waals surface area contributed by atoms with Crippen molar-refractivity contribution in [3.63, 3.8) is 0 Å². The van der Waals surface area contributed by atoms with E-state index in [0.29, 0.717) is 0 Å². The Bertz CT molecular complexity index is 579. The van der Waals surface area contributed by atoms with Gasteiger partial charge in [0, 0.05) is 23.7 Å². The van der Waals surface area contributed by atoms with Gasteiger partial charge >= 0.3 is 0 Å². The van der Waals surface area contributed by atoms with Gasteiger partial charge in [0.2, 0.25) is 0 Å². The van der Waals surface area contributed by atoms with Gasteiger partial charge in [-0.15, -0.1) is 16.9 Å². The van der Waals surface area contributed by atoms with Crippen molar-refractivity contribution in [3.8, 4) is 11.8 Å². The van der Waals surface area contributed by atoms with Crippen molar-refractivity contribution in [2.24, 2.45) is 0 Å². The highest BCUT2D eigenvalue weighted by atomic mass is 15.2. The van der Waals surface area contributed by atoms with Crippen LogP contribution in [-0.2, 0) is 0 Å². The number of hydrogen-bond acceptors (Lipinski definition) is 3. The van der Waals surface area contributed by atoms with Gasteiger partial charge in [-0.3, -0.25) is 0 Å². The Morgan fingerprint density at radius 1 is 1.18 bits per heavy atom. The van der Waals surface area contributed by atoms with Crippen LogP contribution >= 0.6 is 0 Å². The molecule has 1 heterocycles. The number of nitrogens with zero attached hydrogens (tertiary/aromatic N) is 2. The van der Waals surface area contributed by atoms with E-state index >= 15 is 0 Å². The first-order valence-electron chi connectivity index (χ1n) is 5.68. The van der Waals surface area contributed by atoms with Crippen molar-refractivity contribution in [3.05, 3.63) is 30.0 Å². The third kappa shape index (κ3) is 2.54. The van der Waals surface area contributed by atoms with Gasteiger partial charge in [0.25, 0.3) is 0 Å². The lowest BCUT2D eigenvalue weighted by Crippen LogP contribution is -2.05. The van der Waals surface area contributed by atoms with Crippen molar-refractivity contribution in [1.82, 2.24) is 10.2 Å². The monoisotopic (exact) mass is 225 g/mol. The largest absolute Gasteiger partial charge is 0.367 e. The first-order valence-corrected chi connectivity index (χ1v) is 5.68. The molecule has 1 N–H and O–H groups in total. The molecule has 0 aliphatic rings. The van der Waals surface area contributed by atoms with Gasteiger partial charge in [-0.05, 0) is 13.8 Å². The summed E-state index contributed by atoms with van der Waals surface area (Å²) in [5.41, 5.74) is 0.958. The van der Waals surface area contributed by atoms with Crippen LogP contribution in [0, 0.1) is 18.8 Å².